The summed E-state index contributed by atoms with van der Waals surface area (Å²) < 4.78 is 0. The van der Waals surface area contributed by atoms with Crippen molar-refractivity contribution in [2.75, 3.05) is 11.9 Å². The Morgan fingerprint density at radius 1 is 0.968 bits per heavy atom. The molecule has 1 N–H and O–H groups in total. The van der Waals surface area contributed by atoms with Crippen LogP contribution in [-0.2, 0) is 11.3 Å². The minimum atomic E-state index is -0.209. The summed E-state index contributed by atoms with van der Waals surface area (Å²) in [5, 5.41) is 3.02. The average molecular weight is 411 g/mol. The number of anilines is 1. The Balaban J connectivity index is 1.48. The molecule has 1 aliphatic rings. The van der Waals surface area contributed by atoms with Crippen LogP contribution in [0.1, 0.15) is 39.9 Å². The Hall–Kier alpha value is -3.50. The molecule has 156 valence electrons. The smallest absolute Gasteiger partial charge is 0.241 e. The van der Waals surface area contributed by atoms with E-state index in [1.54, 1.807) is 24.3 Å². The first kappa shape index (κ1) is 20.8. The normalized spacial score (nSPS) is 16.1. The summed E-state index contributed by atoms with van der Waals surface area (Å²) in [6, 6.07) is 24.4. The Kier molecular flexibility index (Phi) is 6.39. The van der Waals surface area contributed by atoms with E-state index in [0.29, 0.717) is 16.8 Å². The van der Waals surface area contributed by atoms with Crippen molar-refractivity contribution in [3.63, 3.8) is 0 Å². The van der Waals surface area contributed by atoms with E-state index in [4.69, 9.17) is 0 Å². The van der Waals surface area contributed by atoms with E-state index in [9.17, 15) is 9.59 Å². The van der Waals surface area contributed by atoms with Crippen LogP contribution in [-0.4, -0.2) is 29.2 Å². The standard InChI is InChI=1S/C27H26N2O2/c1-2-20-14-16-21(17-15-20)19-29-18-8-13-25(29)27(31)28-24-12-7-6-11-23(24)26(30)22-9-4-3-5-10-22/h2-7,9-12,14-17,25H,1,8,13,18-19H2,(H,28,31)/t25-/m0/s1. The molecule has 1 fully saturated rings. The lowest BCUT2D eigenvalue weighted by molar-refractivity contribution is -0.120. The zero-order valence-corrected chi connectivity index (χ0v) is 17.5. The van der Waals surface area contributed by atoms with Gasteiger partial charge in [-0.25, -0.2) is 0 Å². The summed E-state index contributed by atoms with van der Waals surface area (Å²) in [5.41, 5.74) is 3.92. The first-order valence-corrected chi connectivity index (χ1v) is 10.6. The molecule has 4 rings (SSSR count). The number of carbonyl (C=O) groups is 2. The van der Waals surface area contributed by atoms with Crippen molar-refractivity contribution < 1.29 is 9.59 Å². The number of carbonyl (C=O) groups excluding carboxylic acids is 2. The van der Waals surface area contributed by atoms with Crippen molar-refractivity contribution in [2.24, 2.45) is 0 Å². The summed E-state index contributed by atoms with van der Waals surface area (Å²) in [5.74, 6) is -0.157. The number of amides is 1. The van der Waals surface area contributed by atoms with Crippen LogP contribution in [0.2, 0.25) is 0 Å². The molecule has 3 aromatic rings. The summed E-state index contributed by atoms with van der Waals surface area (Å²) in [4.78, 5) is 28.3. The predicted octanol–water partition coefficient (Wildman–Crippen LogP) is 5.16. The first-order valence-electron chi connectivity index (χ1n) is 10.6. The van der Waals surface area contributed by atoms with Crippen molar-refractivity contribution in [3.8, 4) is 0 Å². The van der Waals surface area contributed by atoms with Crippen LogP contribution >= 0.6 is 0 Å². The molecule has 4 nitrogen and oxygen atoms in total. The molecule has 0 unspecified atom stereocenters. The van der Waals surface area contributed by atoms with Gasteiger partial charge >= 0.3 is 0 Å². The van der Waals surface area contributed by atoms with E-state index >= 15 is 0 Å². The lowest BCUT2D eigenvalue weighted by atomic mass is 10.0. The molecule has 0 saturated carbocycles. The van der Waals surface area contributed by atoms with Crippen LogP contribution in [0, 0.1) is 0 Å². The molecule has 0 radical (unpaired) electrons. The van der Waals surface area contributed by atoms with Gasteiger partial charge in [0.1, 0.15) is 0 Å². The topological polar surface area (TPSA) is 49.4 Å². The first-order chi connectivity index (χ1) is 15.2. The Labute approximate surface area is 183 Å². The van der Waals surface area contributed by atoms with Gasteiger partial charge in [-0.1, -0.05) is 79.4 Å². The Morgan fingerprint density at radius 3 is 2.42 bits per heavy atom. The Bertz CT molecular complexity index is 1070. The van der Waals surface area contributed by atoms with Gasteiger partial charge in [-0.05, 0) is 42.6 Å². The lowest BCUT2D eigenvalue weighted by Gasteiger charge is -2.24. The molecule has 1 heterocycles. The number of hydrogen-bond donors (Lipinski definition) is 1. The number of ketones is 1. The highest BCUT2D eigenvalue weighted by Crippen LogP contribution is 2.24. The monoisotopic (exact) mass is 410 g/mol. The molecule has 3 aromatic carbocycles. The van der Waals surface area contributed by atoms with Gasteiger partial charge in [-0.3, -0.25) is 14.5 Å². The number of para-hydroxylation sites is 1. The van der Waals surface area contributed by atoms with Crippen LogP contribution in [0.3, 0.4) is 0 Å². The molecule has 1 amide bonds. The minimum Gasteiger partial charge on any atom is -0.324 e. The zero-order chi connectivity index (χ0) is 21.6. The molecule has 0 aromatic heterocycles. The summed E-state index contributed by atoms with van der Waals surface area (Å²) in [6.07, 6.45) is 3.61. The van der Waals surface area contributed by atoms with E-state index in [2.05, 4.69) is 28.9 Å². The number of nitrogens with one attached hydrogen (secondary N) is 1. The van der Waals surface area contributed by atoms with E-state index < -0.39 is 0 Å². The van der Waals surface area contributed by atoms with Gasteiger partial charge in [0.25, 0.3) is 0 Å². The number of likely N-dealkylation sites (tertiary alicyclic amines) is 1. The third-order valence-electron chi connectivity index (χ3n) is 5.73. The minimum absolute atomic E-state index is 0.0616. The zero-order valence-electron chi connectivity index (χ0n) is 17.5. The number of nitrogens with zero attached hydrogens (tertiary/aromatic N) is 1. The molecule has 4 heteroatoms. The molecular formula is C27H26N2O2. The van der Waals surface area contributed by atoms with E-state index in [-0.39, 0.29) is 17.7 Å². The molecular weight excluding hydrogens is 384 g/mol. The van der Waals surface area contributed by atoms with Gasteiger partial charge in [0.15, 0.2) is 5.78 Å². The molecule has 0 bridgehead atoms. The molecule has 0 aliphatic carbocycles. The quantitative estimate of drug-likeness (QED) is 0.547. The van der Waals surface area contributed by atoms with Gasteiger partial charge in [0.2, 0.25) is 5.91 Å². The van der Waals surface area contributed by atoms with Crippen molar-refractivity contribution in [2.45, 2.75) is 25.4 Å². The fourth-order valence-electron chi connectivity index (χ4n) is 4.06. The van der Waals surface area contributed by atoms with Crippen LogP contribution in [0.4, 0.5) is 5.69 Å². The van der Waals surface area contributed by atoms with Crippen molar-refractivity contribution in [3.05, 3.63) is 108 Å². The lowest BCUT2D eigenvalue weighted by Crippen LogP contribution is -2.39. The van der Waals surface area contributed by atoms with Gasteiger partial charge < -0.3 is 5.32 Å². The maximum absolute atomic E-state index is 13.1. The van der Waals surface area contributed by atoms with Gasteiger partial charge in [-0.15, -0.1) is 0 Å². The second kappa shape index (κ2) is 9.54. The number of rotatable bonds is 7. The maximum atomic E-state index is 13.1. The fourth-order valence-corrected chi connectivity index (χ4v) is 4.06. The molecule has 31 heavy (non-hydrogen) atoms. The predicted molar refractivity (Wildman–Crippen MR) is 125 cm³/mol. The summed E-state index contributed by atoms with van der Waals surface area (Å²) in [6.45, 7) is 5.39. The van der Waals surface area contributed by atoms with E-state index in [1.165, 1.54) is 5.56 Å². The second-order valence-corrected chi connectivity index (χ2v) is 7.80. The third kappa shape index (κ3) is 4.81. The summed E-state index contributed by atoms with van der Waals surface area (Å²) in [7, 11) is 0. The second-order valence-electron chi connectivity index (χ2n) is 7.80. The highest BCUT2D eigenvalue weighted by Gasteiger charge is 2.31. The van der Waals surface area contributed by atoms with Crippen molar-refractivity contribution >= 4 is 23.5 Å². The largest absolute Gasteiger partial charge is 0.324 e. The van der Waals surface area contributed by atoms with Crippen LogP contribution in [0.5, 0.6) is 0 Å². The van der Waals surface area contributed by atoms with E-state index in [1.807, 2.05) is 48.5 Å². The van der Waals surface area contributed by atoms with Crippen LogP contribution < -0.4 is 5.32 Å². The van der Waals surface area contributed by atoms with Gasteiger partial charge in [0.05, 0.1) is 11.7 Å². The summed E-state index contributed by atoms with van der Waals surface area (Å²) >= 11 is 0. The van der Waals surface area contributed by atoms with Gasteiger partial charge in [0, 0.05) is 17.7 Å². The number of benzene rings is 3. The SMILES string of the molecule is C=Cc1ccc(CN2CCC[C@H]2C(=O)Nc2ccccc2C(=O)c2ccccc2)cc1. The number of hydrogen-bond acceptors (Lipinski definition) is 3. The molecule has 1 saturated heterocycles. The third-order valence-corrected chi connectivity index (χ3v) is 5.73. The maximum Gasteiger partial charge on any atom is 0.241 e. The molecule has 1 aliphatic heterocycles. The highest BCUT2D eigenvalue weighted by atomic mass is 16.2. The molecule has 1 atom stereocenters. The van der Waals surface area contributed by atoms with Crippen LogP contribution in [0.25, 0.3) is 6.08 Å². The van der Waals surface area contributed by atoms with E-state index in [0.717, 1.165) is 31.5 Å². The fraction of sp³-hybridized carbons (Fsp3) is 0.185. The molecule has 0 spiro atoms. The van der Waals surface area contributed by atoms with Crippen LogP contribution in [0.15, 0.2) is 85.4 Å². The van der Waals surface area contributed by atoms with Gasteiger partial charge in [-0.2, -0.15) is 0 Å². The van der Waals surface area contributed by atoms with Crippen molar-refractivity contribution in [1.29, 1.82) is 0 Å². The Morgan fingerprint density at radius 2 is 1.68 bits per heavy atom. The average Bonchev–Trinajstić information content (AvgIpc) is 3.28. The van der Waals surface area contributed by atoms with Crippen molar-refractivity contribution in [1.82, 2.24) is 4.90 Å². The highest BCUT2D eigenvalue weighted by molar-refractivity contribution is 6.14.